The number of unbranched alkanes of at least 4 members (excludes halogenated alkanes) is 3. The van der Waals surface area contributed by atoms with Crippen molar-refractivity contribution in [2.24, 2.45) is 17.3 Å². The summed E-state index contributed by atoms with van der Waals surface area (Å²) in [6.07, 6.45) is 6.60. The van der Waals surface area contributed by atoms with Crippen molar-refractivity contribution in [3.8, 4) is 0 Å². The lowest BCUT2D eigenvalue weighted by Crippen LogP contribution is -2.60. The summed E-state index contributed by atoms with van der Waals surface area (Å²) in [5.74, 6) is -3.30. The van der Waals surface area contributed by atoms with Crippen molar-refractivity contribution >= 4 is 46.7 Å². The van der Waals surface area contributed by atoms with E-state index in [-0.39, 0.29) is 66.4 Å². The number of nitrogen functional groups attached to an aromatic ring is 1. The van der Waals surface area contributed by atoms with Gasteiger partial charge in [-0.25, -0.2) is 9.37 Å². The second-order valence-electron chi connectivity index (χ2n) is 18.1. The molecule has 1 aliphatic heterocycles. The van der Waals surface area contributed by atoms with Gasteiger partial charge in [0.05, 0.1) is 17.1 Å². The lowest BCUT2D eigenvalue weighted by molar-refractivity contribution is -0.150. The number of carboxylic acid groups (broad SMARTS) is 1. The molecule has 61 heavy (non-hydrogen) atoms. The average Bonchev–Trinajstić information content (AvgIpc) is 3.70. The van der Waals surface area contributed by atoms with E-state index in [2.05, 4.69) is 41.3 Å². The minimum absolute atomic E-state index is 0.0221. The number of esters is 1. The number of nitrogens with one attached hydrogen (secondary N) is 2. The number of carboxylic acids is 1. The van der Waals surface area contributed by atoms with Gasteiger partial charge in [-0.15, -0.1) is 11.3 Å². The Hall–Kier alpha value is -4.11. The standard InChI is InChI=1S/C46H73FN6O7S/c1-11-13-14-16-22-53(44(57)40(30(7)12-2)51-42(56)37-18-15-17-21-52(37)29(5)6)38(28(3)4)25-39(60-31(8)54)43-50-36(27-61-43)41(55)49-33(26-46(9,10)45(58)59)23-32-19-20-35(48)34(47)24-32/h19-20,24,27-30,33,37-40H,11-18,21-23,25-26,48H2,1-10H3,(H,49,55)(H,51,56)(H,58,59)/t30-,33-,37+,38+,39+,40-/m0/s1. The number of nitrogens with zero attached hydrogens (tertiary/aromatic N) is 3. The maximum Gasteiger partial charge on any atom is 0.309 e. The van der Waals surface area contributed by atoms with Crippen LogP contribution in [0.2, 0.25) is 0 Å². The predicted molar refractivity (Wildman–Crippen MR) is 238 cm³/mol. The molecule has 0 unspecified atom stereocenters. The predicted octanol–water partition coefficient (Wildman–Crippen LogP) is 7.93. The van der Waals surface area contributed by atoms with E-state index in [0.29, 0.717) is 23.5 Å². The normalized spacial score (nSPS) is 17.3. The molecule has 1 fully saturated rings. The fourth-order valence-corrected chi connectivity index (χ4v) is 8.99. The third-order valence-electron chi connectivity index (χ3n) is 12.0. The first-order valence-corrected chi connectivity index (χ1v) is 23.2. The Morgan fingerprint density at radius 2 is 1.77 bits per heavy atom. The van der Waals surface area contributed by atoms with Gasteiger partial charge in [0.2, 0.25) is 11.8 Å². The van der Waals surface area contributed by atoms with Crippen LogP contribution >= 0.6 is 11.3 Å². The van der Waals surface area contributed by atoms with E-state index in [9.17, 15) is 33.5 Å². The average molecular weight is 873 g/mol. The number of anilines is 1. The van der Waals surface area contributed by atoms with Crippen LogP contribution in [-0.2, 0) is 30.3 Å². The van der Waals surface area contributed by atoms with Crippen molar-refractivity contribution in [3.63, 3.8) is 0 Å². The van der Waals surface area contributed by atoms with E-state index in [4.69, 9.17) is 10.5 Å². The molecule has 13 nitrogen and oxygen atoms in total. The smallest absolute Gasteiger partial charge is 0.309 e. The Morgan fingerprint density at radius 3 is 2.36 bits per heavy atom. The summed E-state index contributed by atoms with van der Waals surface area (Å²) in [4.78, 5) is 76.3. The lowest BCUT2D eigenvalue weighted by atomic mass is 9.84. The first-order chi connectivity index (χ1) is 28.7. The van der Waals surface area contributed by atoms with Gasteiger partial charge in [0.15, 0.2) is 6.10 Å². The quantitative estimate of drug-likeness (QED) is 0.0459. The van der Waals surface area contributed by atoms with Crippen LogP contribution in [0.1, 0.15) is 161 Å². The van der Waals surface area contributed by atoms with E-state index in [1.54, 1.807) is 25.3 Å². The Labute approximate surface area is 367 Å². The zero-order chi connectivity index (χ0) is 45.6. The third kappa shape index (κ3) is 15.0. The Morgan fingerprint density at radius 1 is 1.07 bits per heavy atom. The maximum absolute atomic E-state index is 15.0. The van der Waals surface area contributed by atoms with Crippen molar-refractivity contribution < 1.29 is 38.2 Å². The van der Waals surface area contributed by atoms with Gasteiger partial charge in [-0.05, 0) is 95.9 Å². The molecule has 15 heteroatoms. The Balaban J connectivity index is 1.96. The number of halogens is 1. The summed E-state index contributed by atoms with van der Waals surface area (Å²) in [7, 11) is 0. The van der Waals surface area contributed by atoms with Gasteiger partial charge in [0.25, 0.3) is 5.91 Å². The second kappa shape index (κ2) is 23.9. The number of carbonyl (C=O) groups is 5. The van der Waals surface area contributed by atoms with Crippen LogP contribution in [0.5, 0.6) is 0 Å². The van der Waals surface area contributed by atoms with E-state index >= 15 is 0 Å². The van der Waals surface area contributed by atoms with Crippen molar-refractivity contribution in [1.82, 2.24) is 25.4 Å². The molecule has 0 radical (unpaired) electrons. The lowest BCUT2D eigenvalue weighted by Gasteiger charge is -2.41. The van der Waals surface area contributed by atoms with Crippen LogP contribution in [0, 0.1) is 23.1 Å². The molecule has 1 aliphatic rings. The first kappa shape index (κ1) is 51.2. The summed E-state index contributed by atoms with van der Waals surface area (Å²) in [6.45, 7) is 20.1. The number of nitrogens with two attached hydrogens (primary N) is 1. The summed E-state index contributed by atoms with van der Waals surface area (Å²) >= 11 is 1.15. The monoisotopic (exact) mass is 873 g/mol. The molecular weight excluding hydrogens is 800 g/mol. The number of benzene rings is 1. The third-order valence-corrected chi connectivity index (χ3v) is 12.9. The number of thiazole rings is 1. The van der Waals surface area contributed by atoms with Crippen LogP contribution in [0.25, 0.3) is 0 Å². The van der Waals surface area contributed by atoms with Gasteiger partial charge < -0.3 is 31.1 Å². The van der Waals surface area contributed by atoms with Crippen molar-refractivity contribution in [1.29, 1.82) is 0 Å². The van der Waals surface area contributed by atoms with Crippen molar-refractivity contribution in [2.45, 2.75) is 176 Å². The van der Waals surface area contributed by atoms with Gasteiger partial charge in [0, 0.05) is 43.4 Å². The number of aromatic nitrogens is 1. The molecule has 0 bridgehead atoms. The zero-order valence-corrected chi connectivity index (χ0v) is 39.0. The molecule has 1 aromatic heterocycles. The number of hydrogen-bond donors (Lipinski definition) is 4. The fourth-order valence-electron chi connectivity index (χ4n) is 8.15. The number of aliphatic carboxylic acids is 1. The van der Waals surface area contributed by atoms with E-state index in [1.165, 1.54) is 19.1 Å². The Kier molecular flexibility index (Phi) is 20.1. The highest BCUT2D eigenvalue weighted by atomic mass is 32.1. The molecule has 0 aliphatic carbocycles. The van der Waals surface area contributed by atoms with E-state index < -0.39 is 53.3 Å². The zero-order valence-electron chi connectivity index (χ0n) is 38.2. The topological polar surface area (TPSA) is 184 Å². The van der Waals surface area contributed by atoms with Gasteiger partial charge in [0.1, 0.15) is 22.6 Å². The van der Waals surface area contributed by atoms with Crippen LogP contribution in [0.4, 0.5) is 10.1 Å². The minimum Gasteiger partial charge on any atom is -0.481 e. The summed E-state index contributed by atoms with van der Waals surface area (Å²) < 4.78 is 20.3. The summed E-state index contributed by atoms with van der Waals surface area (Å²) in [5, 5.41) is 17.9. The van der Waals surface area contributed by atoms with E-state index in [0.717, 1.165) is 62.8 Å². The number of ether oxygens (including phenoxy) is 1. The number of likely N-dealkylation sites (tertiary alicyclic amines) is 1. The largest absolute Gasteiger partial charge is 0.481 e. The van der Waals surface area contributed by atoms with Gasteiger partial charge in [-0.2, -0.15) is 0 Å². The van der Waals surface area contributed by atoms with Crippen molar-refractivity contribution in [2.75, 3.05) is 18.8 Å². The molecular formula is C46H73FN6O7S. The van der Waals surface area contributed by atoms with Gasteiger partial charge in [-0.1, -0.05) is 72.8 Å². The number of rotatable bonds is 24. The molecule has 2 heterocycles. The highest BCUT2D eigenvalue weighted by Gasteiger charge is 2.40. The van der Waals surface area contributed by atoms with E-state index in [1.807, 2.05) is 32.6 Å². The molecule has 342 valence electrons. The SMILES string of the molecule is CCCCCCN(C(=O)[C@@H](NC(=O)[C@H]1CCCCN1C(C)C)[C@@H](C)CC)[C@H](C[C@@H](OC(C)=O)c1nc(C(=O)N[C@@H](Cc2ccc(N)c(F)c2)CC(C)(C)C(=O)O)cs1)C(C)C. The van der Waals surface area contributed by atoms with Crippen LogP contribution in [0.3, 0.4) is 0 Å². The number of piperidine rings is 1. The molecule has 5 N–H and O–H groups in total. The van der Waals surface area contributed by atoms with Crippen molar-refractivity contribution in [3.05, 3.63) is 45.7 Å². The van der Waals surface area contributed by atoms with Gasteiger partial charge >= 0.3 is 11.9 Å². The first-order valence-electron chi connectivity index (χ1n) is 22.3. The molecule has 1 saturated heterocycles. The molecule has 0 spiro atoms. The highest BCUT2D eigenvalue weighted by Crippen LogP contribution is 2.33. The summed E-state index contributed by atoms with van der Waals surface area (Å²) in [5.41, 5.74) is 5.01. The molecule has 0 saturated carbocycles. The Bertz CT molecular complexity index is 1770. The van der Waals surface area contributed by atoms with Crippen LogP contribution in [-0.4, -0.2) is 92.8 Å². The number of hydrogen-bond acceptors (Lipinski definition) is 10. The second-order valence-corrected chi connectivity index (χ2v) is 19.0. The molecule has 6 atom stereocenters. The van der Waals surface area contributed by atoms with Crippen LogP contribution < -0.4 is 16.4 Å². The number of amides is 3. The highest BCUT2D eigenvalue weighted by molar-refractivity contribution is 7.09. The molecule has 3 rings (SSSR count). The fraction of sp³-hybridized carbons (Fsp3) is 0.696. The summed E-state index contributed by atoms with van der Waals surface area (Å²) in [6, 6.07) is 2.32. The van der Waals surface area contributed by atoms with Crippen LogP contribution in [0.15, 0.2) is 23.6 Å². The number of carbonyl (C=O) groups excluding carboxylic acids is 4. The molecule has 3 amide bonds. The van der Waals surface area contributed by atoms with Gasteiger partial charge in [-0.3, -0.25) is 28.9 Å². The molecule has 2 aromatic rings. The minimum atomic E-state index is -1.22. The maximum atomic E-state index is 15.0. The molecule has 1 aromatic carbocycles.